The molecule has 0 bridgehead atoms. The van der Waals surface area contributed by atoms with Crippen LogP contribution in [0.4, 0.5) is 5.69 Å². The first-order valence-corrected chi connectivity index (χ1v) is 7.52. The van der Waals surface area contributed by atoms with Crippen molar-refractivity contribution in [3.63, 3.8) is 0 Å². The van der Waals surface area contributed by atoms with Gasteiger partial charge in [-0.15, -0.1) is 0 Å². The number of benzene rings is 1. The molecule has 0 spiro atoms. The van der Waals surface area contributed by atoms with Gasteiger partial charge in [-0.3, -0.25) is 4.79 Å². The molecule has 1 fully saturated rings. The molecule has 1 aliphatic carbocycles. The van der Waals surface area contributed by atoms with Crippen LogP contribution in [-0.2, 0) is 4.79 Å². The molecule has 2 atom stereocenters. The van der Waals surface area contributed by atoms with Crippen LogP contribution < -0.4 is 11.1 Å². The Hall–Kier alpha value is -2.07. The van der Waals surface area contributed by atoms with Gasteiger partial charge >= 0.3 is 0 Å². The molecule has 4 nitrogen and oxygen atoms in total. The molecule has 1 aromatic heterocycles. The summed E-state index contributed by atoms with van der Waals surface area (Å²) in [7, 11) is 0. The Labute approximate surface area is 125 Å². The van der Waals surface area contributed by atoms with Gasteiger partial charge in [0.1, 0.15) is 0 Å². The van der Waals surface area contributed by atoms with Crippen molar-refractivity contribution >= 4 is 11.6 Å². The minimum absolute atomic E-state index is 0.0454. The lowest BCUT2D eigenvalue weighted by molar-refractivity contribution is -0.120. The van der Waals surface area contributed by atoms with E-state index in [2.05, 4.69) is 5.32 Å². The lowest BCUT2D eigenvalue weighted by atomic mass is 9.85. The smallest absolute Gasteiger partial charge is 0.227 e. The summed E-state index contributed by atoms with van der Waals surface area (Å²) in [5.41, 5.74) is 7.84. The number of nitrogens with zero attached hydrogens (tertiary/aromatic N) is 1. The summed E-state index contributed by atoms with van der Waals surface area (Å²) < 4.78 is 2.02. The lowest BCUT2D eigenvalue weighted by Gasteiger charge is -2.25. The maximum atomic E-state index is 12.3. The predicted octanol–water partition coefficient (Wildman–Crippen LogP) is 2.93. The molecule has 1 saturated carbocycles. The molecule has 2 unspecified atom stereocenters. The van der Waals surface area contributed by atoms with Crippen molar-refractivity contribution in [3.8, 4) is 5.69 Å². The molecule has 3 N–H and O–H groups in total. The van der Waals surface area contributed by atoms with Crippen LogP contribution in [0.3, 0.4) is 0 Å². The molecule has 1 heterocycles. The minimum atomic E-state index is 0.0454. The van der Waals surface area contributed by atoms with Crippen LogP contribution in [0.15, 0.2) is 48.8 Å². The van der Waals surface area contributed by atoms with Crippen molar-refractivity contribution < 1.29 is 4.79 Å². The Kier molecular flexibility index (Phi) is 4.06. The van der Waals surface area contributed by atoms with E-state index in [0.717, 1.165) is 37.1 Å². The number of aromatic nitrogens is 1. The van der Waals surface area contributed by atoms with Gasteiger partial charge in [-0.2, -0.15) is 0 Å². The highest BCUT2D eigenvalue weighted by Crippen LogP contribution is 2.25. The van der Waals surface area contributed by atoms with Gasteiger partial charge in [0.05, 0.1) is 0 Å². The van der Waals surface area contributed by atoms with Crippen LogP contribution in [0, 0.1) is 5.92 Å². The van der Waals surface area contributed by atoms with Crippen LogP contribution in [0.25, 0.3) is 5.69 Å². The van der Waals surface area contributed by atoms with Gasteiger partial charge in [-0.1, -0.05) is 12.5 Å². The van der Waals surface area contributed by atoms with E-state index in [9.17, 15) is 4.79 Å². The molecule has 4 heteroatoms. The Balaban J connectivity index is 1.70. The number of amides is 1. The zero-order valence-electron chi connectivity index (χ0n) is 12.0. The first kappa shape index (κ1) is 13.9. The van der Waals surface area contributed by atoms with Gasteiger partial charge in [0, 0.05) is 35.7 Å². The van der Waals surface area contributed by atoms with Crippen LogP contribution in [0.5, 0.6) is 0 Å². The zero-order chi connectivity index (χ0) is 14.7. The van der Waals surface area contributed by atoms with E-state index >= 15 is 0 Å². The number of nitrogens with two attached hydrogens (primary N) is 1. The van der Waals surface area contributed by atoms with Crippen molar-refractivity contribution in [2.45, 2.75) is 31.7 Å². The summed E-state index contributed by atoms with van der Waals surface area (Å²) in [6.45, 7) is 0. The van der Waals surface area contributed by atoms with Crippen LogP contribution in [-0.4, -0.2) is 16.5 Å². The molecule has 0 aliphatic heterocycles. The van der Waals surface area contributed by atoms with E-state index in [-0.39, 0.29) is 17.9 Å². The van der Waals surface area contributed by atoms with E-state index < -0.39 is 0 Å². The van der Waals surface area contributed by atoms with Crippen molar-refractivity contribution in [1.82, 2.24) is 4.57 Å². The second kappa shape index (κ2) is 6.14. The van der Waals surface area contributed by atoms with Crippen LogP contribution in [0.1, 0.15) is 25.7 Å². The molecule has 21 heavy (non-hydrogen) atoms. The van der Waals surface area contributed by atoms with Gasteiger partial charge in [-0.25, -0.2) is 0 Å². The van der Waals surface area contributed by atoms with Crippen LogP contribution in [0.2, 0.25) is 0 Å². The molecule has 1 amide bonds. The molecule has 0 saturated heterocycles. The lowest BCUT2D eigenvalue weighted by Crippen LogP contribution is -2.34. The number of hydrogen-bond donors (Lipinski definition) is 2. The van der Waals surface area contributed by atoms with Gasteiger partial charge in [-0.05, 0) is 49.6 Å². The van der Waals surface area contributed by atoms with E-state index in [1.807, 2.05) is 53.4 Å². The third kappa shape index (κ3) is 3.34. The Bertz CT molecular complexity index is 606. The first-order chi connectivity index (χ1) is 10.2. The fourth-order valence-electron chi connectivity index (χ4n) is 2.96. The number of rotatable bonds is 3. The van der Waals surface area contributed by atoms with Crippen molar-refractivity contribution in [3.05, 3.63) is 48.8 Å². The zero-order valence-corrected chi connectivity index (χ0v) is 12.0. The van der Waals surface area contributed by atoms with Gasteiger partial charge in [0.25, 0.3) is 0 Å². The Morgan fingerprint density at radius 1 is 1.19 bits per heavy atom. The third-order valence-electron chi connectivity index (χ3n) is 4.10. The van der Waals surface area contributed by atoms with Crippen molar-refractivity contribution in [2.24, 2.45) is 11.7 Å². The number of hydrogen-bond acceptors (Lipinski definition) is 2. The molecule has 1 aliphatic rings. The largest absolute Gasteiger partial charge is 0.328 e. The average molecular weight is 283 g/mol. The maximum Gasteiger partial charge on any atom is 0.227 e. The summed E-state index contributed by atoms with van der Waals surface area (Å²) in [5.74, 6) is 0.138. The predicted molar refractivity (Wildman–Crippen MR) is 84.3 cm³/mol. The molecule has 0 radical (unpaired) electrons. The topological polar surface area (TPSA) is 60.1 Å². The quantitative estimate of drug-likeness (QED) is 0.910. The molecule has 1 aromatic carbocycles. The fourth-order valence-corrected chi connectivity index (χ4v) is 2.96. The van der Waals surface area contributed by atoms with Gasteiger partial charge < -0.3 is 15.6 Å². The second-order valence-electron chi connectivity index (χ2n) is 5.75. The fraction of sp³-hybridized carbons (Fsp3) is 0.353. The third-order valence-corrected chi connectivity index (χ3v) is 4.10. The summed E-state index contributed by atoms with van der Waals surface area (Å²) in [4.78, 5) is 12.3. The summed E-state index contributed by atoms with van der Waals surface area (Å²) in [6.07, 6.45) is 7.79. The van der Waals surface area contributed by atoms with E-state index in [4.69, 9.17) is 5.73 Å². The monoisotopic (exact) mass is 283 g/mol. The molecule has 3 rings (SSSR count). The van der Waals surface area contributed by atoms with E-state index in [1.54, 1.807) is 0 Å². The van der Waals surface area contributed by atoms with Crippen LogP contribution >= 0.6 is 0 Å². The van der Waals surface area contributed by atoms with Gasteiger partial charge in [0.15, 0.2) is 0 Å². The number of anilines is 1. The highest BCUT2D eigenvalue weighted by Gasteiger charge is 2.25. The average Bonchev–Trinajstić information content (AvgIpc) is 3.02. The molecule has 110 valence electrons. The van der Waals surface area contributed by atoms with Crippen molar-refractivity contribution in [2.75, 3.05) is 5.32 Å². The van der Waals surface area contributed by atoms with Gasteiger partial charge in [0.2, 0.25) is 5.91 Å². The number of carbonyl (C=O) groups is 1. The second-order valence-corrected chi connectivity index (χ2v) is 5.75. The standard InChI is InChI=1S/C17H21N3O/c18-14-6-3-5-13(11-14)17(21)19-15-7-4-8-16(12-15)20-9-1-2-10-20/h1-2,4,7-10,12-14H,3,5-6,11,18H2,(H,19,21). The molecular weight excluding hydrogens is 262 g/mol. The molecular formula is C17H21N3O. The Morgan fingerprint density at radius 2 is 2.00 bits per heavy atom. The summed E-state index contributed by atoms with van der Waals surface area (Å²) in [5, 5.41) is 3.03. The number of carbonyl (C=O) groups excluding carboxylic acids is 1. The summed E-state index contributed by atoms with van der Waals surface area (Å²) in [6, 6.07) is 12.0. The molecule has 2 aromatic rings. The van der Waals surface area contributed by atoms with E-state index in [1.165, 1.54) is 0 Å². The Morgan fingerprint density at radius 3 is 2.76 bits per heavy atom. The summed E-state index contributed by atoms with van der Waals surface area (Å²) >= 11 is 0. The first-order valence-electron chi connectivity index (χ1n) is 7.52. The van der Waals surface area contributed by atoms with Crippen molar-refractivity contribution in [1.29, 1.82) is 0 Å². The highest BCUT2D eigenvalue weighted by molar-refractivity contribution is 5.92. The normalized spacial score (nSPS) is 22.0. The SMILES string of the molecule is NC1CCCC(C(=O)Nc2cccc(-n3cccc3)c2)C1. The minimum Gasteiger partial charge on any atom is -0.328 e. The maximum absolute atomic E-state index is 12.3. The highest BCUT2D eigenvalue weighted by atomic mass is 16.1. The van der Waals surface area contributed by atoms with E-state index in [0.29, 0.717) is 0 Å². The number of nitrogens with one attached hydrogen (secondary N) is 1.